The van der Waals surface area contributed by atoms with Crippen LogP contribution in [0.2, 0.25) is 0 Å². The second kappa shape index (κ2) is 10.9. The van der Waals surface area contributed by atoms with E-state index in [2.05, 4.69) is 12.1 Å². The van der Waals surface area contributed by atoms with Crippen molar-refractivity contribution in [1.82, 2.24) is 9.80 Å². The molecule has 6 heteroatoms. The Balaban J connectivity index is 1.38. The summed E-state index contributed by atoms with van der Waals surface area (Å²) in [6.07, 6.45) is 2.28. The summed E-state index contributed by atoms with van der Waals surface area (Å²) in [5, 5.41) is 0. The van der Waals surface area contributed by atoms with E-state index in [1.165, 1.54) is 11.6 Å². The van der Waals surface area contributed by atoms with Crippen LogP contribution in [0.3, 0.4) is 0 Å². The number of fused-ring (bicyclic) bond motifs is 2. The normalized spacial score (nSPS) is 17.9. The number of imide groups is 1. The van der Waals surface area contributed by atoms with Crippen molar-refractivity contribution in [3.05, 3.63) is 142 Å². The van der Waals surface area contributed by atoms with Crippen LogP contribution in [0.25, 0.3) is 0 Å². The molecule has 3 amide bonds. The fourth-order valence-electron chi connectivity index (χ4n) is 6.14. The minimum Gasteiger partial charge on any atom is -0.329 e. The van der Waals surface area contributed by atoms with E-state index in [0.717, 1.165) is 34.4 Å². The highest BCUT2D eigenvalue weighted by molar-refractivity contribution is 6.22. The molecular formula is C34H29FN2O3. The van der Waals surface area contributed by atoms with Crippen LogP contribution < -0.4 is 0 Å². The van der Waals surface area contributed by atoms with Crippen molar-refractivity contribution in [3.63, 3.8) is 0 Å². The van der Waals surface area contributed by atoms with E-state index in [9.17, 15) is 18.8 Å². The van der Waals surface area contributed by atoms with E-state index in [1.807, 2.05) is 53.4 Å². The summed E-state index contributed by atoms with van der Waals surface area (Å²) in [7, 11) is 0. The fourth-order valence-corrected chi connectivity index (χ4v) is 6.14. The molecule has 4 aromatic carbocycles. The van der Waals surface area contributed by atoms with E-state index in [-0.39, 0.29) is 30.2 Å². The first-order valence-electron chi connectivity index (χ1n) is 13.6. The van der Waals surface area contributed by atoms with Crippen LogP contribution in [0.5, 0.6) is 0 Å². The van der Waals surface area contributed by atoms with Gasteiger partial charge in [-0.15, -0.1) is 0 Å². The summed E-state index contributed by atoms with van der Waals surface area (Å²) < 4.78 is 14.1. The summed E-state index contributed by atoms with van der Waals surface area (Å²) in [6.45, 7) is -0.0218. The molecule has 0 fully saturated rings. The van der Waals surface area contributed by atoms with Gasteiger partial charge in [-0.3, -0.25) is 19.3 Å². The van der Waals surface area contributed by atoms with Crippen LogP contribution in [0.4, 0.5) is 4.39 Å². The van der Waals surface area contributed by atoms with Gasteiger partial charge in [0.25, 0.3) is 11.8 Å². The third-order valence-corrected chi connectivity index (χ3v) is 8.02. The molecule has 0 aromatic heterocycles. The highest BCUT2D eigenvalue weighted by Crippen LogP contribution is 2.41. The van der Waals surface area contributed by atoms with Crippen molar-refractivity contribution < 1.29 is 18.8 Å². The van der Waals surface area contributed by atoms with Gasteiger partial charge in [0.15, 0.2) is 0 Å². The van der Waals surface area contributed by atoms with Crippen molar-refractivity contribution >= 4 is 17.7 Å². The Labute approximate surface area is 232 Å². The first-order chi connectivity index (χ1) is 19.5. The lowest BCUT2D eigenvalue weighted by molar-refractivity contribution is -0.136. The van der Waals surface area contributed by atoms with E-state index in [0.29, 0.717) is 24.1 Å². The van der Waals surface area contributed by atoms with Crippen molar-refractivity contribution in [3.8, 4) is 0 Å². The lowest BCUT2D eigenvalue weighted by atomic mass is 9.76. The molecule has 40 heavy (non-hydrogen) atoms. The standard InChI is InChI=1S/C34H29FN2O3/c35-27-13-8-11-24(20-27)19-26-18-17-25-12-4-5-14-28(25)32(26)36(21-23-9-2-1-3-10-23)31(38)22-37-33(39)29-15-6-7-16-30(29)34(37)40/h1-16,20,26,32H,17-19,21-22H2. The van der Waals surface area contributed by atoms with Gasteiger partial charge in [-0.05, 0) is 71.7 Å². The molecule has 1 heterocycles. The summed E-state index contributed by atoms with van der Waals surface area (Å²) in [5.74, 6) is -1.47. The number of nitrogens with zero attached hydrogens (tertiary/aromatic N) is 2. The monoisotopic (exact) mass is 532 g/mol. The number of carbonyl (C=O) groups is 3. The van der Waals surface area contributed by atoms with Crippen LogP contribution in [-0.4, -0.2) is 34.1 Å². The molecule has 0 radical (unpaired) electrons. The zero-order chi connectivity index (χ0) is 27.6. The number of hydrogen-bond donors (Lipinski definition) is 0. The van der Waals surface area contributed by atoms with Crippen LogP contribution in [0.15, 0.2) is 103 Å². The molecule has 1 aliphatic carbocycles. The minimum absolute atomic E-state index is 0.0199. The second-order valence-electron chi connectivity index (χ2n) is 10.5. The van der Waals surface area contributed by atoms with Gasteiger partial charge in [0.05, 0.1) is 17.2 Å². The Morgan fingerprint density at radius 1 is 0.800 bits per heavy atom. The van der Waals surface area contributed by atoms with Crippen molar-refractivity contribution in [2.24, 2.45) is 5.92 Å². The highest BCUT2D eigenvalue weighted by atomic mass is 19.1. The van der Waals surface area contributed by atoms with E-state index in [1.54, 1.807) is 36.4 Å². The molecule has 2 atom stereocenters. The van der Waals surface area contributed by atoms with Gasteiger partial charge in [-0.1, -0.05) is 78.9 Å². The van der Waals surface area contributed by atoms with Crippen molar-refractivity contribution in [2.45, 2.75) is 31.8 Å². The highest BCUT2D eigenvalue weighted by Gasteiger charge is 2.40. The van der Waals surface area contributed by atoms with E-state index < -0.39 is 11.8 Å². The van der Waals surface area contributed by atoms with Gasteiger partial charge in [-0.25, -0.2) is 4.39 Å². The molecular weight excluding hydrogens is 503 g/mol. The summed E-state index contributed by atoms with van der Waals surface area (Å²) in [5.41, 5.74) is 4.70. The van der Waals surface area contributed by atoms with Crippen molar-refractivity contribution in [2.75, 3.05) is 6.54 Å². The van der Waals surface area contributed by atoms with Crippen LogP contribution in [-0.2, 0) is 24.2 Å². The Kier molecular flexibility index (Phi) is 6.99. The number of carbonyl (C=O) groups excluding carboxylic acids is 3. The molecule has 5 nitrogen and oxygen atoms in total. The Bertz CT molecular complexity index is 1550. The Morgan fingerprint density at radius 3 is 2.17 bits per heavy atom. The maximum absolute atomic E-state index is 14.2. The van der Waals surface area contributed by atoms with Gasteiger partial charge < -0.3 is 4.90 Å². The molecule has 2 aliphatic rings. The predicted octanol–water partition coefficient (Wildman–Crippen LogP) is 6.00. The Morgan fingerprint density at radius 2 is 1.45 bits per heavy atom. The topological polar surface area (TPSA) is 57.7 Å². The number of rotatable bonds is 7. The average Bonchev–Trinajstić information content (AvgIpc) is 3.21. The number of hydrogen-bond acceptors (Lipinski definition) is 3. The molecule has 0 saturated heterocycles. The van der Waals surface area contributed by atoms with E-state index >= 15 is 0 Å². The van der Waals surface area contributed by atoms with E-state index in [4.69, 9.17) is 0 Å². The first kappa shape index (κ1) is 25.7. The zero-order valence-corrected chi connectivity index (χ0v) is 22.0. The summed E-state index contributed by atoms with van der Waals surface area (Å²) in [6, 6.07) is 30.9. The molecule has 200 valence electrons. The number of benzene rings is 4. The van der Waals surface area contributed by atoms with Crippen molar-refractivity contribution in [1.29, 1.82) is 0 Å². The number of aryl methyl sites for hydroxylation is 1. The molecule has 4 aromatic rings. The third kappa shape index (κ3) is 4.93. The average molecular weight is 533 g/mol. The van der Waals surface area contributed by atoms with Gasteiger partial charge in [0, 0.05) is 6.54 Å². The molecule has 1 aliphatic heterocycles. The quantitative estimate of drug-likeness (QED) is 0.275. The van der Waals surface area contributed by atoms with Crippen LogP contribution in [0.1, 0.15) is 55.4 Å². The molecule has 0 bridgehead atoms. The maximum Gasteiger partial charge on any atom is 0.262 e. The minimum atomic E-state index is -0.450. The molecule has 6 rings (SSSR count). The molecule has 2 unspecified atom stereocenters. The lowest BCUT2D eigenvalue weighted by Crippen LogP contribution is -2.46. The number of amides is 3. The molecule has 0 saturated carbocycles. The first-order valence-corrected chi connectivity index (χ1v) is 13.6. The largest absolute Gasteiger partial charge is 0.329 e. The van der Waals surface area contributed by atoms with Crippen LogP contribution in [0, 0.1) is 11.7 Å². The SMILES string of the molecule is O=C1c2ccccc2C(=O)N1CC(=O)N(Cc1ccccc1)C1c2ccccc2CCC1Cc1cccc(F)c1. The van der Waals surface area contributed by atoms with Crippen LogP contribution >= 0.6 is 0 Å². The lowest BCUT2D eigenvalue weighted by Gasteiger charge is -2.42. The predicted molar refractivity (Wildman–Crippen MR) is 150 cm³/mol. The smallest absolute Gasteiger partial charge is 0.262 e. The van der Waals surface area contributed by atoms with Gasteiger partial charge >= 0.3 is 0 Å². The summed E-state index contributed by atoms with van der Waals surface area (Å²) in [4.78, 5) is 43.4. The molecule has 0 spiro atoms. The third-order valence-electron chi connectivity index (χ3n) is 8.02. The Hall–Kier alpha value is -4.58. The van der Waals surface area contributed by atoms with Gasteiger partial charge in [0.1, 0.15) is 12.4 Å². The second-order valence-corrected chi connectivity index (χ2v) is 10.5. The maximum atomic E-state index is 14.2. The summed E-state index contributed by atoms with van der Waals surface area (Å²) >= 11 is 0. The zero-order valence-electron chi connectivity index (χ0n) is 22.0. The molecule has 0 N–H and O–H groups in total. The fraction of sp³-hybridized carbons (Fsp3) is 0.206. The number of halogens is 1. The van der Waals surface area contributed by atoms with Gasteiger partial charge in [0.2, 0.25) is 5.91 Å². The van der Waals surface area contributed by atoms with Gasteiger partial charge in [-0.2, -0.15) is 0 Å².